The number of aliphatic hydroxyl groups is 1. The molecule has 0 saturated carbocycles. The first-order chi connectivity index (χ1) is 23.6. The fraction of sp³-hybridized carbons (Fsp3) is 0.583. The van der Waals surface area contributed by atoms with E-state index in [9.17, 15) is 33.5 Å². The SMILES string of the molecule is C/C=C(\C=C/NC)C(=O)N[C@H](C(=O)NC(CCC)C(=O)N[C@@H](Cc1cc(F)cc(P)c1)C(O)CC(=O)NC(C(=O)NCC)C(C)C)[C@@H](C)CC. The molecule has 0 radical (unpaired) electrons. The van der Waals surface area contributed by atoms with Crippen LogP contribution in [0.4, 0.5) is 4.39 Å². The lowest BCUT2D eigenvalue weighted by atomic mass is 9.96. The monoisotopic (exact) mass is 720 g/mol. The number of hydrogen-bond donors (Lipinski definition) is 7. The highest BCUT2D eigenvalue weighted by Crippen LogP contribution is 2.14. The van der Waals surface area contributed by atoms with Crippen LogP contribution in [0.1, 0.15) is 79.7 Å². The first-order valence-corrected chi connectivity index (χ1v) is 17.9. The average molecular weight is 721 g/mol. The molecule has 5 amide bonds. The molecule has 0 aliphatic carbocycles. The Kier molecular flexibility index (Phi) is 20.2. The van der Waals surface area contributed by atoms with Crippen LogP contribution in [0, 0.1) is 17.7 Å². The van der Waals surface area contributed by atoms with Crippen molar-refractivity contribution in [1.29, 1.82) is 0 Å². The van der Waals surface area contributed by atoms with Gasteiger partial charge in [0.05, 0.1) is 18.6 Å². The lowest BCUT2D eigenvalue weighted by Crippen LogP contribution is -2.58. The molecule has 4 unspecified atom stereocenters. The Labute approximate surface area is 298 Å². The maximum atomic E-state index is 14.3. The van der Waals surface area contributed by atoms with Gasteiger partial charge in [0.1, 0.15) is 23.9 Å². The van der Waals surface area contributed by atoms with Crippen LogP contribution in [0.5, 0.6) is 0 Å². The summed E-state index contributed by atoms with van der Waals surface area (Å²) in [5.74, 6) is -3.60. The molecule has 280 valence electrons. The number of amides is 5. The third kappa shape index (κ3) is 15.0. The van der Waals surface area contributed by atoms with Crippen molar-refractivity contribution in [3.63, 3.8) is 0 Å². The molecule has 1 aromatic carbocycles. The van der Waals surface area contributed by atoms with E-state index in [4.69, 9.17) is 0 Å². The van der Waals surface area contributed by atoms with Crippen LogP contribution in [0.3, 0.4) is 0 Å². The van der Waals surface area contributed by atoms with Crippen molar-refractivity contribution < 1.29 is 33.5 Å². The van der Waals surface area contributed by atoms with Crippen molar-refractivity contribution in [3.8, 4) is 0 Å². The average Bonchev–Trinajstić information content (AvgIpc) is 3.04. The largest absolute Gasteiger partial charge is 0.394 e. The summed E-state index contributed by atoms with van der Waals surface area (Å²) in [6, 6.07) is 0.370. The van der Waals surface area contributed by atoms with E-state index in [0.29, 0.717) is 35.8 Å². The normalized spacial score (nSPS) is 15.3. The van der Waals surface area contributed by atoms with Gasteiger partial charge in [0.15, 0.2) is 0 Å². The Morgan fingerprint density at radius 2 is 1.60 bits per heavy atom. The van der Waals surface area contributed by atoms with Gasteiger partial charge in [-0.15, -0.1) is 9.24 Å². The molecule has 0 spiro atoms. The molecule has 12 nitrogen and oxygen atoms in total. The number of carbonyl (C=O) groups excluding carboxylic acids is 5. The summed E-state index contributed by atoms with van der Waals surface area (Å²) in [7, 11) is 4.10. The lowest BCUT2D eigenvalue weighted by Gasteiger charge is -2.29. The molecule has 0 aliphatic rings. The van der Waals surface area contributed by atoms with Crippen molar-refractivity contribution in [3.05, 3.63) is 53.5 Å². The second-order valence-corrected chi connectivity index (χ2v) is 13.4. The Morgan fingerprint density at radius 1 is 0.920 bits per heavy atom. The van der Waals surface area contributed by atoms with E-state index in [1.54, 1.807) is 59.2 Å². The molecule has 7 atom stereocenters. The Hall–Kier alpha value is -3.83. The van der Waals surface area contributed by atoms with Gasteiger partial charge in [0.2, 0.25) is 23.6 Å². The molecule has 0 fully saturated rings. The summed E-state index contributed by atoms with van der Waals surface area (Å²) in [6.45, 7) is 13.0. The predicted molar refractivity (Wildman–Crippen MR) is 198 cm³/mol. The van der Waals surface area contributed by atoms with E-state index in [1.807, 2.05) is 20.8 Å². The van der Waals surface area contributed by atoms with Gasteiger partial charge in [-0.3, -0.25) is 24.0 Å². The highest BCUT2D eigenvalue weighted by atomic mass is 31.0. The third-order valence-electron chi connectivity index (χ3n) is 8.23. The first kappa shape index (κ1) is 44.2. The molecule has 0 bridgehead atoms. The molecule has 14 heteroatoms. The van der Waals surface area contributed by atoms with Gasteiger partial charge in [-0.05, 0) is 73.8 Å². The van der Waals surface area contributed by atoms with E-state index in [1.165, 1.54) is 12.1 Å². The number of allylic oxidation sites excluding steroid dienone is 1. The van der Waals surface area contributed by atoms with Crippen LogP contribution in [0.2, 0.25) is 0 Å². The predicted octanol–water partition coefficient (Wildman–Crippen LogP) is 1.88. The summed E-state index contributed by atoms with van der Waals surface area (Å²) in [4.78, 5) is 66.1. The zero-order valence-electron chi connectivity index (χ0n) is 30.7. The minimum atomic E-state index is -1.44. The number of hydrogen-bond acceptors (Lipinski definition) is 7. The summed E-state index contributed by atoms with van der Waals surface area (Å²) >= 11 is 0. The Morgan fingerprint density at radius 3 is 2.14 bits per heavy atom. The second kappa shape index (κ2) is 22.8. The second-order valence-electron chi connectivity index (χ2n) is 12.7. The van der Waals surface area contributed by atoms with Gasteiger partial charge in [-0.2, -0.15) is 0 Å². The fourth-order valence-electron chi connectivity index (χ4n) is 5.22. The van der Waals surface area contributed by atoms with Gasteiger partial charge in [-0.25, -0.2) is 4.39 Å². The van der Waals surface area contributed by atoms with E-state index < -0.39 is 66.1 Å². The zero-order valence-corrected chi connectivity index (χ0v) is 31.8. The standard InChI is InChI=1S/C36H58FN6O6P/c1-9-13-27(40-36(49)32(22(7)10-2)43-33(46)24(11-3)14-15-38-8)34(47)41-28(18-23-16-25(37)19-26(50)17-23)29(44)20-30(45)42-31(21(5)6)35(48)39-12-4/h11,14-17,19,21-22,27-29,31-32,38,44H,9-10,12-13,18,20,50H2,1-8H3,(H,39,48)(H,40,49)(H,41,47)(H,42,45)(H,43,46)/b15-14-,24-11+/t22-,27?,28-,29?,31?,32-/m0/s1. The van der Waals surface area contributed by atoms with E-state index in [2.05, 4.69) is 41.1 Å². The van der Waals surface area contributed by atoms with Crippen molar-refractivity contribution in [2.24, 2.45) is 11.8 Å². The van der Waals surface area contributed by atoms with Gasteiger partial charge in [0, 0.05) is 19.2 Å². The number of benzene rings is 1. The zero-order chi connectivity index (χ0) is 38.0. The maximum absolute atomic E-state index is 14.3. The highest BCUT2D eigenvalue weighted by Gasteiger charge is 2.33. The highest BCUT2D eigenvalue weighted by molar-refractivity contribution is 7.27. The summed E-state index contributed by atoms with van der Waals surface area (Å²) < 4.78 is 14.3. The van der Waals surface area contributed by atoms with Gasteiger partial charge in [-0.1, -0.05) is 59.6 Å². The van der Waals surface area contributed by atoms with Crippen LogP contribution in [0.25, 0.3) is 0 Å². The molecule has 1 aromatic rings. The molecule has 1 rings (SSSR count). The van der Waals surface area contributed by atoms with Gasteiger partial charge < -0.3 is 37.0 Å². The first-order valence-electron chi connectivity index (χ1n) is 17.3. The van der Waals surface area contributed by atoms with Crippen molar-refractivity contribution in [2.75, 3.05) is 13.6 Å². The number of aliphatic hydroxyl groups excluding tert-OH is 1. The van der Waals surface area contributed by atoms with Gasteiger partial charge in [0.25, 0.3) is 5.91 Å². The van der Waals surface area contributed by atoms with Crippen LogP contribution in [-0.2, 0) is 30.4 Å². The minimum Gasteiger partial charge on any atom is -0.394 e. The third-order valence-corrected chi connectivity index (χ3v) is 8.57. The molecule has 0 saturated heterocycles. The number of rotatable bonds is 21. The topological polar surface area (TPSA) is 178 Å². The minimum absolute atomic E-state index is 0.0338. The number of likely N-dealkylation sites (N-methyl/N-ethyl adjacent to an activating group) is 1. The molecular weight excluding hydrogens is 662 g/mol. The molecule has 50 heavy (non-hydrogen) atoms. The van der Waals surface area contributed by atoms with Crippen LogP contribution < -0.4 is 37.2 Å². The van der Waals surface area contributed by atoms with Crippen LogP contribution in [-0.4, -0.2) is 78.5 Å². The van der Waals surface area contributed by atoms with Crippen LogP contribution >= 0.6 is 9.24 Å². The van der Waals surface area contributed by atoms with Crippen LogP contribution in [0.15, 0.2) is 42.1 Å². The number of nitrogens with one attached hydrogen (secondary N) is 6. The van der Waals surface area contributed by atoms with Crippen molar-refractivity contribution >= 4 is 44.1 Å². The lowest BCUT2D eigenvalue weighted by molar-refractivity contribution is -0.133. The summed E-state index contributed by atoms with van der Waals surface area (Å²) in [6.07, 6.45) is 4.20. The number of halogens is 1. The van der Waals surface area contributed by atoms with E-state index in [0.717, 1.165) is 0 Å². The molecule has 0 aliphatic heterocycles. The molecular formula is C36H58FN6O6P. The summed E-state index contributed by atoms with van der Waals surface area (Å²) in [5.41, 5.74) is 0.811. The smallest absolute Gasteiger partial charge is 0.251 e. The van der Waals surface area contributed by atoms with E-state index in [-0.39, 0.29) is 30.6 Å². The fourth-order valence-corrected chi connectivity index (χ4v) is 5.59. The maximum Gasteiger partial charge on any atom is 0.251 e. The molecule has 7 N–H and O–H groups in total. The quantitative estimate of drug-likeness (QED) is 0.0576. The van der Waals surface area contributed by atoms with E-state index >= 15 is 0 Å². The molecule has 0 aromatic heterocycles. The number of carbonyl (C=O) groups is 5. The van der Waals surface area contributed by atoms with Crippen molar-refractivity contribution in [1.82, 2.24) is 31.9 Å². The van der Waals surface area contributed by atoms with Gasteiger partial charge >= 0.3 is 0 Å². The van der Waals surface area contributed by atoms with Crippen molar-refractivity contribution in [2.45, 2.75) is 111 Å². The Balaban J connectivity index is 3.32. The summed E-state index contributed by atoms with van der Waals surface area (Å²) in [5, 5.41) is 28.4. The Bertz CT molecular complexity index is 1340. The molecule has 0 heterocycles.